The third-order valence-corrected chi connectivity index (χ3v) is 1.63. The van der Waals surface area contributed by atoms with Crippen LogP contribution >= 0.6 is 12.6 Å². The molecule has 0 fully saturated rings. The lowest BCUT2D eigenvalue weighted by molar-refractivity contribution is -0.492. The summed E-state index contributed by atoms with van der Waals surface area (Å²) in [6.45, 7) is 0.130. The van der Waals surface area contributed by atoms with Gasteiger partial charge in [0.1, 0.15) is 6.04 Å². The molecule has 0 aromatic rings. The van der Waals surface area contributed by atoms with E-state index in [1.165, 1.54) is 0 Å². The first-order valence-corrected chi connectivity index (χ1v) is 4.55. The van der Waals surface area contributed by atoms with Crippen molar-refractivity contribution in [3.63, 3.8) is 0 Å². The van der Waals surface area contributed by atoms with Gasteiger partial charge in [0.15, 0.2) is 0 Å². The number of thiol groups is 1. The van der Waals surface area contributed by atoms with E-state index in [0.29, 0.717) is 6.42 Å². The van der Waals surface area contributed by atoms with Gasteiger partial charge in [-0.2, -0.15) is 12.6 Å². The van der Waals surface area contributed by atoms with Gasteiger partial charge in [-0.25, -0.2) is 0 Å². The molecule has 0 rings (SSSR count). The van der Waals surface area contributed by atoms with Gasteiger partial charge in [0.2, 0.25) is 0 Å². The van der Waals surface area contributed by atoms with Crippen LogP contribution in [0.2, 0.25) is 0 Å². The van der Waals surface area contributed by atoms with Crippen molar-refractivity contribution >= 4 is 18.6 Å². The largest absolute Gasteiger partial charge is 0.464 e. The molecule has 0 spiro atoms. The fraction of sp³-hybridized carbons (Fsp3) is 0.833. The van der Waals surface area contributed by atoms with Crippen molar-refractivity contribution in [3.05, 3.63) is 0 Å². The molecular weight excluding hydrogens is 212 g/mol. The van der Waals surface area contributed by atoms with Gasteiger partial charge >= 0.3 is 5.97 Å². The third-order valence-electron chi connectivity index (χ3n) is 1.24. The van der Waals surface area contributed by atoms with E-state index in [2.05, 4.69) is 17.5 Å². The fourth-order valence-electron chi connectivity index (χ4n) is 0.559. The van der Waals surface area contributed by atoms with Crippen LogP contribution in [0.1, 0.15) is 6.42 Å². The van der Waals surface area contributed by atoms with Gasteiger partial charge in [-0.15, -0.1) is 0 Å². The molecule has 0 aliphatic carbocycles. The van der Waals surface area contributed by atoms with Crippen molar-refractivity contribution in [2.45, 2.75) is 12.5 Å². The Hall–Kier alpha value is -0.380. The van der Waals surface area contributed by atoms with Gasteiger partial charge in [0, 0.05) is 12.2 Å². The zero-order chi connectivity index (χ0) is 11.0. The summed E-state index contributed by atoms with van der Waals surface area (Å²) in [5, 5.41) is 15.8. The number of carbonyl (C=O) groups is 1. The molecule has 1 atom stereocenters. The zero-order valence-corrected chi connectivity index (χ0v) is 8.39. The van der Waals surface area contributed by atoms with Crippen molar-refractivity contribution in [3.8, 4) is 0 Å². The monoisotopic (exact) mass is 226 g/mol. The second kappa shape index (κ2) is 7.97. The first-order valence-electron chi connectivity index (χ1n) is 3.91. The van der Waals surface area contributed by atoms with E-state index in [9.17, 15) is 4.79 Å². The standard InChI is InChI=1S/C6H14N2O5S/c7-5(4-14)6(9)12-2-1-3-13-8(10)11/h5,10-11,14H,1-4,7H2. The number of carbonyl (C=O) groups excluding carboxylic acids is 1. The molecule has 8 heteroatoms. The lowest BCUT2D eigenvalue weighted by Gasteiger charge is -2.09. The van der Waals surface area contributed by atoms with Crippen LogP contribution in [0.4, 0.5) is 0 Å². The van der Waals surface area contributed by atoms with E-state index in [0.717, 1.165) is 0 Å². The summed E-state index contributed by atoms with van der Waals surface area (Å²) < 4.78 is 4.70. The molecule has 0 bridgehead atoms. The van der Waals surface area contributed by atoms with Crippen LogP contribution < -0.4 is 5.73 Å². The van der Waals surface area contributed by atoms with Gasteiger partial charge in [0.25, 0.3) is 0 Å². The van der Waals surface area contributed by atoms with E-state index in [1.54, 1.807) is 0 Å². The van der Waals surface area contributed by atoms with Crippen LogP contribution in [0.5, 0.6) is 0 Å². The van der Waals surface area contributed by atoms with Crippen LogP contribution in [0.15, 0.2) is 0 Å². The van der Waals surface area contributed by atoms with E-state index in [-0.39, 0.29) is 19.0 Å². The maximum absolute atomic E-state index is 10.9. The van der Waals surface area contributed by atoms with Crippen molar-refractivity contribution in [2.75, 3.05) is 19.0 Å². The number of esters is 1. The Morgan fingerprint density at radius 3 is 2.64 bits per heavy atom. The molecule has 0 aromatic carbocycles. The summed E-state index contributed by atoms with van der Waals surface area (Å²) in [6, 6.07) is -0.730. The van der Waals surface area contributed by atoms with Gasteiger partial charge in [0.05, 0.1) is 18.6 Å². The third kappa shape index (κ3) is 7.06. The van der Waals surface area contributed by atoms with E-state index >= 15 is 0 Å². The minimum atomic E-state index is -0.730. The molecule has 14 heavy (non-hydrogen) atoms. The molecule has 0 saturated heterocycles. The average molecular weight is 226 g/mol. The van der Waals surface area contributed by atoms with Crippen LogP contribution in [0, 0.1) is 0 Å². The molecule has 84 valence electrons. The second-order valence-electron chi connectivity index (χ2n) is 2.40. The number of hydrogen-bond donors (Lipinski definition) is 4. The number of ether oxygens (including phenoxy) is 1. The number of nitrogens with two attached hydrogens (primary N) is 1. The SMILES string of the molecule is NC(CS)C(=O)OCCCON(O)O. The lowest BCUT2D eigenvalue weighted by atomic mass is 10.4. The smallest absolute Gasteiger partial charge is 0.323 e. The topological polar surface area (TPSA) is 105 Å². The maximum Gasteiger partial charge on any atom is 0.323 e. The summed E-state index contributed by atoms with van der Waals surface area (Å²) >= 11 is 3.82. The Bertz CT molecular complexity index is 168. The van der Waals surface area contributed by atoms with Crippen molar-refractivity contribution in [1.29, 1.82) is 0 Å². The minimum Gasteiger partial charge on any atom is -0.464 e. The highest BCUT2D eigenvalue weighted by atomic mass is 32.1. The van der Waals surface area contributed by atoms with Gasteiger partial charge in [-0.05, 0) is 0 Å². The maximum atomic E-state index is 10.9. The Labute approximate surface area is 86.7 Å². The molecule has 7 nitrogen and oxygen atoms in total. The number of nitrogens with zero attached hydrogens (tertiary/aromatic N) is 1. The predicted molar refractivity (Wildman–Crippen MR) is 48.8 cm³/mol. The zero-order valence-electron chi connectivity index (χ0n) is 7.50. The fourth-order valence-corrected chi connectivity index (χ4v) is 0.709. The molecule has 0 aromatic heterocycles. The quantitative estimate of drug-likeness (QED) is 0.195. The summed E-state index contributed by atoms with van der Waals surface area (Å²) in [6.07, 6.45) is 0.336. The molecular formula is C6H14N2O5S. The van der Waals surface area contributed by atoms with E-state index in [4.69, 9.17) is 20.9 Å². The molecule has 1 unspecified atom stereocenters. The van der Waals surface area contributed by atoms with E-state index in [1.807, 2.05) is 0 Å². The predicted octanol–water partition coefficient (Wildman–Crippen LogP) is -0.811. The van der Waals surface area contributed by atoms with Crippen molar-refractivity contribution < 1.29 is 24.8 Å². The Kier molecular flexibility index (Phi) is 7.76. The molecule has 0 heterocycles. The lowest BCUT2D eigenvalue weighted by Crippen LogP contribution is -2.34. The van der Waals surface area contributed by atoms with Gasteiger partial charge < -0.3 is 10.5 Å². The van der Waals surface area contributed by atoms with Crippen LogP contribution in [-0.2, 0) is 14.4 Å². The van der Waals surface area contributed by atoms with Crippen LogP contribution in [0.25, 0.3) is 0 Å². The van der Waals surface area contributed by atoms with Gasteiger partial charge in [-0.3, -0.25) is 20.0 Å². The Morgan fingerprint density at radius 1 is 1.50 bits per heavy atom. The highest BCUT2D eigenvalue weighted by Gasteiger charge is 2.12. The first-order chi connectivity index (χ1) is 6.57. The van der Waals surface area contributed by atoms with Crippen molar-refractivity contribution in [2.24, 2.45) is 5.73 Å². The van der Waals surface area contributed by atoms with Crippen LogP contribution in [-0.4, -0.2) is 46.8 Å². The van der Waals surface area contributed by atoms with Crippen LogP contribution in [0.3, 0.4) is 0 Å². The number of rotatable bonds is 7. The van der Waals surface area contributed by atoms with Crippen molar-refractivity contribution in [1.82, 2.24) is 5.39 Å². The molecule has 4 N–H and O–H groups in total. The van der Waals surface area contributed by atoms with Gasteiger partial charge in [-0.1, -0.05) is 0 Å². The molecule has 0 aliphatic heterocycles. The number of hydrogen-bond acceptors (Lipinski definition) is 8. The Balaban J connectivity index is 3.32. The van der Waals surface area contributed by atoms with E-state index < -0.39 is 17.4 Å². The average Bonchev–Trinajstić information content (AvgIpc) is 2.15. The molecule has 0 saturated carbocycles. The molecule has 0 amide bonds. The second-order valence-corrected chi connectivity index (χ2v) is 2.76. The highest BCUT2D eigenvalue weighted by Crippen LogP contribution is 1.91. The minimum absolute atomic E-state index is 0.0242. The normalized spacial score (nSPS) is 12.9. The summed E-state index contributed by atoms with van der Waals surface area (Å²) in [5.74, 6) is -0.319. The Morgan fingerprint density at radius 2 is 2.14 bits per heavy atom. The molecule has 0 radical (unpaired) electrons. The highest BCUT2D eigenvalue weighted by molar-refractivity contribution is 7.80. The summed E-state index contributed by atoms with van der Waals surface area (Å²) in [4.78, 5) is 15.1. The first kappa shape index (κ1) is 13.6. The summed E-state index contributed by atoms with van der Waals surface area (Å²) in [5.41, 5.74) is 5.31. The summed E-state index contributed by atoms with van der Waals surface area (Å²) in [7, 11) is 0. The molecule has 0 aliphatic rings.